The van der Waals surface area contributed by atoms with Crippen molar-refractivity contribution in [3.63, 3.8) is 0 Å². The first-order valence-electron chi connectivity index (χ1n) is 7.55. The lowest BCUT2D eigenvalue weighted by Gasteiger charge is -2.20. The molecule has 0 spiro atoms. The molecule has 2 aromatic rings. The minimum Gasteiger partial charge on any atom is -0.309 e. The van der Waals surface area contributed by atoms with E-state index in [0.29, 0.717) is 6.04 Å². The highest BCUT2D eigenvalue weighted by molar-refractivity contribution is 5.43. The SMILES string of the molecule is CNC(c1ccc2c(c1)CCC2)c1ccc(C)cc1C. The molecule has 1 heteroatoms. The number of aryl methyl sites for hydroxylation is 4. The highest BCUT2D eigenvalue weighted by Gasteiger charge is 2.17. The first-order chi connectivity index (χ1) is 9.69. The summed E-state index contributed by atoms with van der Waals surface area (Å²) in [5.74, 6) is 0. The summed E-state index contributed by atoms with van der Waals surface area (Å²) in [6.07, 6.45) is 3.81. The van der Waals surface area contributed by atoms with Crippen molar-refractivity contribution in [3.8, 4) is 0 Å². The van der Waals surface area contributed by atoms with E-state index in [-0.39, 0.29) is 0 Å². The van der Waals surface area contributed by atoms with E-state index in [1.54, 1.807) is 11.1 Å². The van der Waals surface area contributed by atoms with Crippen LogP contribution in [-0.2, 0) is 12.8 Å². The standard InChI is InChI=1S/C19H23N/c1-13-7-10-18(14(2)11-13)19(20-3)17-9-8-15-5-4-6-16(15)12-17/h7-12,19-20H,4-6H2,1-3H3. The molecule has 0 amide bonds. The van der Waals surface area contributed by atoms with Crippen LogP contribution in [-0.4, -0.2) is 7.05 Å². The van der Waals surface area contributed by atoms with Crippen LogP contribution in [0.3, 0.4) is 0 Å². The maximum absolute atomic E-state index is 3.49. The van der Waals surface area contributed by atoms with Crippen LogP contribution >= 0.6 is 0 Å². The summed E-state index contributed by atoms with van der Waals surface area (Å²) < 4.78 is 0. The van der Waals surface area contributed by atoms with Crippen LogP contribution in [0.2, 0.25) is 0 Å². The van der Waals surface area contributed by atoms with E-state index >= 15 is 0 Å². The van der Waals surface area contributed by atoms with Gasteiger partial charge in [-0.2, -0.15) is 0 Å². The zero-order chi connectivity index (χ0) is 14.1. The van der Waals surface area contributed by atoms with Gasteiger partial charge in [-0.25, -0.2) is 0 Å². The minimum absolute atomic E-state index is 0.293. The van der Waals surface area contributed by atoms with E-state index in [1.807, 2.05) is 0 Å². The Morgan fingerprint density at radius 2 is 1.75 bits per heavy atom. The Balaban J connectivity index is 2.01. The summed E-state index contributed by atoms with van der Waals surface area (Å²) in [6, 6.07) is 14.1. The molecule has 0 aromatic heterocycles. The summed E-state index contributed by atoms with van der Waals surface area (Å²) in [5.41, 5.74) is 8.56. The van der Waals surface area contributed by atoms with Crippen LogP contribution in [0.15, 0.2) is 36.4 Å². The molecule has 0 saturated heterocycles. The molecule has 1 N–H and O–H groups in total. The Bertz CT molecular complexity index is 628. The largest absolute Gasteiger partial charge is 0.309 e. The van der Waals surface area contributed by atoms with Gasteiger partial charge in [0.25, 0.3) is 0 Å². The van der Waals surface area contributed by atoms with Crippen molar-refractivity contribution in [2.24, 2.45) is 0 Å². The number of nitrogens with one attached hydrogen (secondary N) is 1. The predicted octanol–water partition coefficient (Wildman–Crippen LogP) is 4.10. The van der Waals surface area contributed by atoms with Gasteiger partial charge in [0.2, 0.25) is 0 Å². The molecule has 3 rings (SSSR count). The number of hydrogen-bond acceptors (Lipinski definition) is 1. The molecule has 1 nitrogen and oxygen atoms in total. The second-order valence-corrected chi connectivity index (χ2v) is 5.96. The lowest BCUT2D eigenvalue weighted by atomic mass is 9.92. The maximum Gasteiger partial charge on any atom is 0.0576 e. The Morgan fingerprint density at radius 1 is 0.950 bits per heavy atom. The van der Waals surface area contributed by atoms with Gasteiger partial charge < -0.3 is 5.32 Å². The first-order valence-corrected chi connectivity index (χ1v) is 7.55. The zero-order valence-corrected chi connectivity index (χ0v) is 12.7. The van der Waals surface area contributed by atoms with E-state index in [4.69, 9.17) is 0 Å². The normalized spacial score (nSPS) is 15.2. The van der Waals surface area contributed by atoms with Gasteiger partial charge in [0.15, 0.2) is 0 Å². The molecular formula is C19H23N. The fourth-order valence-corrected chi connectivity index (χ4v) is 3.42. The fraction of sp³-hybridized carbons (Fsp3) is 0.368. The number of benzene rings is 2. The van der Waals surface area contributed by atoms with Gasteiger partial charge in [-0.05, 0) is 68.0 Å². The van der Waals surface area contributed by atoms with Gasteiger partial charge in [-0.3, -0.25) is 0 Å². The quantitative estimate of drug-likeness (QED) is 0.881. The molecule has 0 aliphatic heterocycles. The third kappa shape index (κ3) is 2.38. The zero-order valence-electron chi connectivity index (χ0n) is 12.7. The summed E-state index contributed by atoms with van der Waals surface area (Å²) in [4.78, 5) is 0. The second-order valence-electron chi connectivity index (χ2n) is 5.96. The summed E-state index contributed by atoms with van der Waals surface area (Å²) in [7, 11) is 2.05. The maximum atomic E-state index is 3.49. The van der Waals surface area contributed by atoms with E-state index in [1.165, 1.54) is 41.5 Å². The number of fused-ring (bicyclic) bond motifs is 1. The van der Waals surface area contributed by atoms with Crippen LogP contribution in [0.4, 0.5) is 0 Å². The smallest absolute Gasteiger partial charge is 0.0576 e. The lowest BCUT2D eigenvalue weighted by Crippen LogP contribution is -2.19. The van der Waals surface area contributed by atoms with Crippen LogP contribution in [0.5, 0.6) is 0 Å². The molecule has 1 unspecified atom stereocenters. The third-order valence-electron chi connectivity index (χ3n) is 4.48. The van der Waals surface area contributed by atoms with E-state index < -0.39 is 0 Å². The molecule has 0 saturated carbocycles. The van der Waals surface area contributed by atoms with Crippen molar-refractivity contribution >= 4 is 0 Å². The number of hydrogen-bond donors (Lipinski definition) is 1. The van der Waals surface area contributed by atoms with E-state index in [0.717, 1.165) is 0 Å². The van der Waals surface area contributed by atoms with Gasteiger partial charge in [0.1, 0.15) is 0 Å². The van der Waals surface area contributed by atoms with E-state index in [9.17, 15) is 0 Å². The van der Waals surface area contributed by atoms with Crippen LogP contribution in [0.1, 0.15) is 45.8 Å². The highest BCUT2D eigenvalue weighted by atomic mass is 14.9. The van der Waals surface area contributed by atoms with Crippen LogP contribution in [0.25, 0.3) is 0 Å². The Labute approximate surface area is 122 Å². The van der Waals surface area contributed by atoms with Gasteiger partial charge >= 0.3 is 0 Å². The molecule has 0 heterocycles. The molecule has 1 aliphatic carbocycles. The summed E-state index contributed by atoms with van der Waals surface area (Å²) >= 11 is 0. The van der Waals surface area contributed by atoms with Crippen molar-refractivity contribution < 1.29 is 0 Å². The lowest BCUT2D eigenvalue weighted by molar-refractivity contribution is 0.686. The predicted molar refractivity (Wildman–Crippen MR) is 85.3 cm³/mol. The monoisotopic (exact) mass is 265 g/mol. The van der Waals surface area contributed by atoms with Gasteiger partial charge in [0, 0.05) is 0 Å². The van der Waals surface area contributed by atoms with Crippen molar-refractivity contribution in [2.45, 2.75) is 39.2 Å². The molecule has 0 radical (unpaired) electrons. The molecule has 1 aliphatic rings. The molecule has 0 bridgehead atoms. The van der Waals surface area contributed by atoms with E-state index in [2.05, 4.69) is 62.6 Å². The average molecular weight is 265 g/mol. The topological polar surface area (TPSA) is 12.0 Å². The van der Waals surface area contributed by atoms with Crippen LogP contribution < -0.4 is 5.32 Å². The Hall–Kier alpha value is -1.60. The molecule has 2 aromatic carbocycles. The molecular weight excluding hydrogens is 242 g/mol. The molecule has 104 valence electrons. The molecule has 1 atom stereocenters. The Kier molecular flexibility index (Phi) is 3.62. The minimum atomic E-state index is 0.293. The Morgan fingerprint density at radius 3 is 2.50 bits per heavy atom. The van der Waals surface area contributed by atoms with Crippen molar-refractivity contribution in [1.29, 1.82) is 0 Å². The first kappa shape index (κ1) is 13.4. The van der Waals surface area contributed by atoms with Crippen LogP contribution in [0, 0.1) is 13.8 Å². The third-order valence-corrected chi connectivity index (χ3v) is 4.48. The van der Waals surface area contributed by atoms with Crippen molar-refractivity contribution in [3.05, 3.63) is 69.8 Å². The highest BCUT2D eigenvalue weighted by Crippen LogP contribution is 2.29. The summed E-state index contributed by atoms with van der Waals surface area (Å²) in [6.45, 7) is 4.36. The van der Waals surface area contributed by atoms with Crippen molar-refractivity contribution in [1.82, 2.24) is 5.32 Å². The molecule has 20 heavy (non-hydrogen) atoms. The summed E-state index contributed by atoms with van der Waals surface area (Å²) in [5, 5.41) is 3.49. The average Bonchev–Trinajstić information content (AvgIpc) is 2.89. The fourth-order valence-electron chi connectivity index (χ4n) is 3.42. The van der Waals surface area contributed by atoms with Gasteiger partial charge in [-0.1, -0.05) is 42.0 Å². The second kappa shape index (κ2) is 5.41. The van der Waals surface area contributed by atoms with Gasteiger partial charge in [0.05, 0.1) is 6.04 Å². The molecule has 0 fully saturated rings. The van der Waals surface area contributed by atoms with Gasteiger partial charge in [-0.15, -0.1) is 0 Å². The van der Waals surface area contributed by atoms with Crippen molar-refractivity contribution in [2.75, 3.05) is 7.05 Å². The number of rotatable bonds is 3.